The van der Waals surface area contributed by atoms with Crippen molar-refractivity contribution in [2.75, 3.05) is 5.32 Å². The van der Waals surface area contributed by atoms with Crippen LogP contribution in [0.5, 0.6) is 0 Å². The van der Waals surface area contributed by atoms with Crippen LogP contribution in [0.4, 0.5) is 10.1 Å². The summed E-state index contributed by atoms with van der Waals surface area (Å²) in [4.78, 5) is 3.89. The molecule has 0 saturated carbocycles. The van der Waals surface area contributed by atoms with Crippen molar-refractivity contribution in [3.63, 3.8) is 0 Å². The van der Waals surface area contributed by atoms with E-state index in [1.54, 1.807) is 18.3 Å². The molecule has 2 aromatic rings. The Hall–Kier alpha value is -1.93. The molecule has 0 saturated heterocycles. The van der Waals surface area contributed by atoms with Gasteiger partial charge in [0.2, 0.25) is 0 Å². The number of hydrogen-bond donors (Lipinski definition) is 1. The zero-order chi connectivity index (χ0) is 13.0. The smallest absolute Gasteiger partial charge is 0.140 e. The van der Waals surface area contributed by atoms with Gasteiger partial charge in [-0.2, -0.15) is 5.26 Å². The fourth-order valence-corrected chi connectivity index (χ4v) is 1.97. The summed E-state index contributed by atoms with van der Waals surface area (Å²) in [5, 5.41) is 11.9. The van der Waals surface area contributed by atoms with Crippen LogP contribution in [-0.4, -0.2) is 4.98 Å². The molecule has 1 N–H and O–H groups in total. The van der Waals surface area contributed by atoms with Crippen LogP contribution >= 0.6 is 15.9 Å². The van der Waals surface area contributed by atoms with Gasteiger partial charge < -0.3 is 5.32 Å². The van der Waals surface area contributed by atoms with E-state index >= 15 is 0 Å². The molecule has 90 valence electrons. The molecule has 0 spiro atoms. The van der Waals surface area contributed by atoms with Crippen LogP contribution in [-0.2, 0) is 6.54 Å². The Labute approximate surface area is 112 Å². The first-order chi connectivity index (χ1) is 8.69. The zero-order valence-electron chi connectivity index (χ0n) is 9.32. The van der Waals surface area contributed by atoms with Crippen molar-refractivity contribution in [3.05, 3.63) is 58.1 Å². The van der Waals surface area contributed by atoms with Gasteiger partial charge in [0.25, 0.3) is 0 Å². The maximum absolute atomic E-state index is 12.9. The lowest BCUT2D eigenvalue weighted by molar-refractivity contribution is 0.627. The number of benzene rings is 1. The van der Waals surface area contributed by atoms with Gasteiger partial charge in [-0.05, 0) is 51.8 Å². The maximum Gasteiger partial charge on any atom is 0.140 e. The molecule has 5 heteroatoms. The average Bonchev–Trinajstić information content (AvgIpc) is 2.38. The number of hydrogen-bond acceptors (Lipinski definition) is 3. The Bertz CT molecular complexity index is 607. The fourth-order valence-electron chi connectivity index (χ4n) is 1.48. The molecule has 0 aliphatic heterocycles. The minimum absolute atomic E-state index is 0.289. The monoisotopic (exact) mass is 305 g/mol. The topological polar surface area (TPSA) is 48.7 Å². The first-order valence-electron chi connectivity index (χ1n) is 5.23. The first-order valence-corrected chi connectivity index (χ1v) is 6.02. The van der Waals surface area contributed by atoms with Crippen molar-refractivity contribution < 1.29 is 4.39 Å². The van der Waals surface area contributed by atoms with Crippen molar-refractivity contribution in [2.24, 2.45) is 0 Å². The number of rotatable bonds is 3. The van der Waals surface area contributed by atoms with E-state index in [0.29, 0.717) is 16.7 Å². The normalized spacial score (nSPS) is 9.83. The van der Waals surface area contributed by atoms with Gasteiger partial charge >= 0.3 is 0 Å². The van der Waals surface area contributed by atoms with Crippen LogP contribution in [0.1, 0.15) is 11.3 Å². The Morgan fingerprint density at radius 1 is 1.33 bits per heavy atom. The second-order valence-electron chi connectivity index (χ2n) is 3.64. The lowest BCUT2D eigenvalue weighted by Crippen LogP contribution is -2.01. The highest BCUT2D eigenvalue weighted by Gasteiger charge is 2.02. The van der Waals surface area contributed by atoms with Gasteiger partial charge in [0.05, 0.1) is 0 Å². The summed E-state index contributed by atoms with van der Waals surface area (Å²) in [5.74, 6) is -0.289. The highest BCUT2D eigenvalue weighted by molar-refractivity contribution is 9.10. The van der Waals surface area contributed by atoms with E-state index in [1.165, 1.54) is 12.1 Å². The summed E-state index contributed by atoms with van der Waals surface area (Å²) in [7, 11) is 0. The highest BCUT2D eigenvalue weighted by atomic mass is 79.9. The number of halogens is 2. The number of nitrogens with one attached hydrogen (secondary N) is 1. The summed E-state index contributed by atoms with van der Waals surface area (Å²) in [6.07, 6.45) is 1.59. The maximum atomic E-state index is 12.9. The van der Waals surface area contributed by atoms with Crippen LogP contribution in [0.2, 0.25) is 0 Å². The molecular weight excluding hydrogens is 297 g/mol. The molecule has 0 atom stereocenters. The largest absolute Gasteiger partial charge is 0.380 e. The number of anilines is 1. The summed E-state index contributed by atoms with van der Waals surface area (Å²) < 4.78 is 13.6. The Kier molecular flexibility index (Phi) is 3.90. The first kappa shape index (κ1) is 12.5. The van der Waals surface area contributed by atoms with Gasteiger partial charge in [0.15, 0.2) is 0 Å². The molecule has 1 heterocycles. The lowest BCUT2D eigenvalue weighted by Gasteiger charge is -2.08. The van der Waals surface area contributed by atoms with Gasteiger partial charge in [-0.15, -0.1) is 0 Å². The number of nitrogens with zero attached hydrogens (tertiary/aromatic N) is 2. The second-order valence-corrected chi connectivity index (χ2v) is 4.49. The van der Waals surface area contributed by atoms with E-state index in [1.807, 2.05) is 12.1 Å². The van der Waals surface area contributed by atoms with Gasteiger partial charge in [-0.3, -0.25) is 0 Å². The van der Waals surface area contributed by atoms with E-state index in [9.17, 15) is 4.39 Å². The second kappa shape index (κ2) is 5.61. The molecule has 18 heavy (non-hydrogen) atoms. The summed E-state index contributed by atoms with van der Waals surface area (Å²) in [6, 6.07) is 9.97. The predicted molar refractivity (Wildman–Crippen MR) is 70.4 cm³/mol. The van der Waals surface area contributed by atoms with E-state index < -0.39 is 0 Å². The molecule has 1 aromatic heterocycles. The fraction of sp³-hybridized carbons (Fsp3) is 0.0769. The van der Waals surface area contributed by atoms with Gasteiger partial charge in [-0.25, -0.2) is 9.37 Å². The van der Waals surface area contributed by atoms with Gasteiger partial charge in [-0.1, -0.05) is 0 Å². The van der Waals surface area contributed by atoms with Crippen molar-refractivity contribution in [2.45, 2.75) is 6.54 Å². The van der Waals surface area contributed by atoms with Crippen LogP contribution < -0.4 is 5.32 Å². The van der Waals surface area contributed by atoms with Crippen molar-refractivity contribution >= 4 is 21.6 Å². The third-order valence-corrected chi connectivity index (χ3v) is 3.01. The standard InChI is InChI=1S/C13H9BrFN3/c14-12-6-10(15)1-2-13(12)18-8-9-3-4-17-11(5-9)7-16/h1-6,18H,8H2. The van der Waals surface area contributed by atoms with Crippen molar-refractivity contribution in [3.8, 4) is 6.07 Å². The molecule has 0 unspecified atom stereocenters. The van der Waals surface area contributed by atoms with E-state index in [4.69, 9.17) is 5.26 Å². The molecule has 3 nitrogen and oxygen atoms in total. The van der Waals surface area contributed by atoms with E-state index in [0.717, 1.165) is 11.3 Å². The van der Waals surface area contributed by atoms with Crippen molar-refractivity contribution in [1.29, 1.82) is 5.26 Å². The van der Waals surface area contributed by atoms with E-state index in [-0.39, 0.29) is 5.82 Å². The van der Waals surface area contributed by atoms with E-state index in [2.05, 4.69) is 26.2 Å². The SMILES string of the molecule is N#Cc1cc(CNc2ccc(F)cc2Br)ccn1. The van der Waals surface area contributed by atoms with Gasteiger partial charge in [0.1, 0.15) is 17.6 Å². The van der Waals surface area contributed by atoms with Crippen molar-refractivity contribution in [1.82, 2.24) is 4.98 Å². The van der Waals surface area contributed by atoms with Crippen LogP contribution in [0.25, 0.3) is 0 Å². The van der Waals surface area contributed by atoms with Gasteiger partial charge in [0, 0.05) is 22.9 Å². The Morgan fingerprint density at radius 2 is 2.17 bits per heavy atom. The summed E-state index contributed by atoms with van der Waals surface area (Å²) >= 11 is 3.28. The number of nitriles is 1. The minimum atomic E-state index is -0.289. The minimum Gasteiger partial charge on any atom is -0.380 e. The molecule has 2 rings (SSSR count). The molecule has 1 aromatic carbocycles. The molecule has 0 fully saturated rings. The number of pyridine rings is 1. The third kappa shape index (κ3) is 3.05. The molecule has 0 aliphatic carbocycles. The highest BCUT2D eigenvalue weighted by Crippen LogP contribution is 2.23. The lowest BCUT2D eigenvalue weighted by atomic mass is 10.2. The molecule has 0 aliphatic rings. The third-order valence-electron chi connectivity index (χ3n) is 2.35. The van der Waals surface area contributed by atoms with Crippen LogP contribution in [0, 0.1) is 17.1 Å². The average molecular weight is 306 g/mol. The zero-order valence-corrected chi connectivity index (χ0v) is 10.9. The number of aromatic nitrogens is 1. The molecule has 0 bridgehead atoms. The predicted octanol–water partition coefficient (Wildman–Crippen LogP) is 3.47. The molecule has 0 radical (unpaired) electrons. The van der Waals surface area contributed by atoms with Crippen LogP contribution in [0.15, 0.2) is 41.0 Å². The molecule has 0 amide bonds. The Morgan fingerprint density at radius 3 is 2.89 bits per heavy atom. The summed E-state index contributed by atoms with van der Waals surface area (Å²) in [5.41, 5.74) is 2.12. The summed E-state index contributed by atoms with van der Waals surface area (Å²) in [6.45, 7) is 0.543. The molecular formula is C13H9BrFN3. The quantitative estimate of drug-likeness (QED) is 0.944. The van der Waals surface area contributed by atoms with Crippen LogP contribution in [0.3, 0.4) is 0 Å². The Balaban J connectivity index is 2.09.